The van der Waals surface area contributed by atoms with Gasteiger partial charge in [0.1, 0.15) is 11.5 Å². The minimum Gasteiger partial charge on any atom is -0.466 e. The minimum atomic E-state index is 0.168. The Bertz CT molecular complexity index is 369. The third-order valence-corrected chi connectivity index (χ3v) is 4.35. The topological polar surface area (TPSA) is 39.2 Å². The van der Waals surface area contributed by atoms with Gasteiger partial charge in [-0.25, -0.2) is 0 Å². The molecule has 1 heterocycles. The van der Waals surface area contributed by atoms with E-state index in [1.807, 2.05) is 13.8 Å². The molecule has 3 atom stereocenters. The van der Waals surface area contributed by atoms with Gasteiger partial charge >= 0.3 is 0 Å². The number of aryl methyl sites for hydroxylation is 2. The Hall–Kier alpha value is -0.760. The fraction of sp³-hybridized carbons (Fsp3) is 0.733. The number of rotatable bonds is 3. The molecular weight excluding hydrogens is 210 g/mol. The van der Waals surface area contributed by atoms with Gasteiger partial charge in [-0.05, 0) is 44.6 Å². The second-order valence-corrected chi connectivity index (χ2v) is 5.60. The Balaban J connectivity index is 2.08. The lowest BCUT2D eigenvalue weighted by molar-refractivity contribution is 0.229. The fourth-order valence-corrected chi connectivity index (χ4v) is 3.26. The van der Waals surface area contributed by atoms with Crippen molar-refractivity contribution in [1.29, 1.82) is 0 Å². The molecule has 17 heavy (non-hydrogen) atoms. The van der Waals surface area contributed by atoms with Crippen LogP contribution in [0, 0.1) is 25.7 Å². The van der Waals surface area contributed by atoms with E-state index in [4.69, 9.17) is 10.2 Å². The highest BCUT2D eigenvalue weighted by molar-refractivity contribution is 5.24. The summed E-state index contributed by atoms with van der Waals surface area (Å²) in [6, 6.07) is 2.29. The lowest BCUT2D eigenvalue weighted by Gasteiger charge is -2.32. The fourth-order valence-electron chi connectivity index (χ4n) is 3.26. The Kier molecular flexibility index (Phi) is 3.93. The summed E-state index contributed by atoms with van der Waals surface area (Å²) in [5.74, 6) is 3.52. The molecule has 2 rings (SSSR count). The first kappa shape index (κ1) is 12.7. The average molecular weight is 235 g/mol. The molecule has 0 radical (unpaired) electrons. The Morgan fingerprint density at radius 2 is 2.18 bits per heavy atom. The largest absolute Gasteiger partial charge is 0.466 e. The summed E-state index contributed by atoms with van der Waals surface area (Å²) < 4.78 is 5.60. The predicted molar refractivity (Wildman–Crippen MR) is 70.8 cm³/mol. The zero-order chi connectivity index (χ0) is 12.4. The molecule has 0 aromatic carbocycles. The zero-order valence-corrected chi connectivity index (χ0v) is 11.3. The second kappa shape index (κ2) is 5.26. The van der Waals surface area contributed by atoms with Crippen LogP contribution >= 0.6 is 0 Å². The number of furan rings is 1. The summed E-state index contributed by atoms with van der Waals surface area (Å²) in [7, 11) is 0. The van der Waals surface area contributed by atoms with E-state index in [1.54, 1.807) is 0 Å². The van der Waals surface area contributed by atoms with Crippen molar-refractivity contribution < 1.29 is 4.42 Å². The van der Waals surface area contributed by atoms with Gasteiger partial charge in [-0.3, -0.25) is 0 Å². The highest BCUT2D eigenvalue weighted by Crippen LogP contribution is 2.38. The molecule has 1 saturated carbocycles. The Morgan fingerprint density at radius 3 is 2.76 bits per heavy atom. The highest BCUT2D eigenvalue weighted by atomic mass is 16.3. The molecule has 0 spiro atoms. The molecular formula is C15H25NO. The van der Waals surface area contributed by atoms with Gasteiger partial charge in [0, 0.05) is 11.6 Å². The lowest BCUT2D eigenvalue weighted by Crippen LogP contribution is -2.27. The summed E-state index contributed by atoms with van der Waals surface area (Å²) in [6.45, 7) is 6.33. The summed E-state index contributed by atoms with van der Waals surface area (Å²) in [5.41, 5.74) is 7.67. The monoisotopic (exact) mass is 235 g/mol. The van der Waals surface area contributed by atoms with Crippen molar-refractivity contribution in [1.82, 2.24) is 0 Å². The van der Waals surface area contributed by atoms with Gasteiger partial charge in [-0.15, -0.1) is 0 Å². The van der Waals surface area contributed by atoms with Crippen LogP contribution in [0.3, 0.4) is 0 Å². The maximum atomic E-state index is 6.44. The number of nitrogens with two attached hydrogens (primary N) is 1. The van der Waals surface area contributed by atoms with Crippen LogP contribution in [0.5, 0.6) is 0 Å². The molecule has 3 unspecified atom stereocenters. The van der Waals surface area contributed by atoms with Crippen molar-refractivity contribution in [3.05, 3.63) is 23.2 Å². The highest BCUT2D eigenvalue weighted by Gasteiger charge is 2.28. The van der Waals surface area contributed by atoms with Crippen LogP contribution in [-0.4, -0.2) is 0 Å². The Morgan fingerprint density at radius 1 is 1.41 bits per heavy atom. The van der Waals surface area contributed by atoms with E-state index in [1.165, 1.54) is 37.7 Å². The van der Waals surface area contributed by atoms with Gasteiger partial charge in [0.05, 0.1) is 0 Å². The SMILES string of the molecule is CCC1CCCC(C(N)c2cc(C)oc2C)C1. The van der Waals surface area contributed by atoms with E-state index < -0.39 is 0 Å². The molecule has 0 bridgehead atoms. The summed E-state index contributed by atoms with van der Waals surface area (Å²) in [6.07, 6.45) is 6.60. The normalized spacial score (nSPS) is 27.1. The first-order chi connectivity index (χ1) is 8.11. The maximum Gasteiger partial charge on any atom is 0.105 e. The van der Waals surface area contributed by atoms with Gasteiger partial charge in [0.25, 0.3) is 0 Å². The number of hydrogen-bond acceptors (Lipinski definition) is 2. The van der Waals surface area contributed by atoms with Gasteiger partial charge < -0.3 is 10.2 Å². The lowest BCUT2D eigenvalue weighted by atomic mass is 9.75. The minimum absolute atomic E-state index is 0.168. The molecule has 1 aromatic rings. The summed E-state index contributed by atoms with van der Waals surface area (Å²) in [4.78, 5) is 0. The van der Waals surface area contributed by atoms with E-state index in [2.05, 4.69) is 13.0 Å². The molecule has 1 aliphatic carbocycles. The van der Waals surface area contributed by atoms with E-state index >= 15 is 0 Å². The van der Waals surface area contributed by atoms with E-state index in [0.29, 0.717) is 5.92 Å². The number of hydrogen-bond donors (Lipinski definition) is 1. The average Bonchev–Trinajstić information content (AvgIpc) is 2.67. The standard InChI is InChI=1S/C15H25NO/c1-4-12-6-5-7-13(9-12)15(16)14-8-10(2)17-11(14)3/h8,12-13,15H,4-7,9,16H2,1-3H3. The van der Waals surface area contributed by atoms with Crippen molar-refractivity contribution in [3.8, 4) is 0 Å². The molecule has 0 saturated heterocycles. The van der Waals surface area contributed by atoms with E-state index in [0.717, 1.165) is 17.4 Å². The summed E-state index contributed by atoms with van der Waals surface area (Å²) in [5, 5.41) is 0. The van der Waals surface area contributed by atoms with Crippen LogP contribution < -0.4 is 5.73 Å². The molecule has 2 heteroatoms. The van der Waals surface area contributed by atoms with Crippen molar-refractivity contribution >= 4 is 0 Å². The zero-order valence-electron chi connectivity index (χ0n) is 11.3. The van der Waals surface area contributed by atoms with Gasteiger partial charge in [-0.1, -0.05) is 26.2 Å². The third kappa shape index (κ3) is 2.74. The van der Waals surface area contributed by atoms with Crippen molar-refractivity contribution in [2.75, 3.05) is 0 Å². The first-order valence-electron chi connectivity index (χ1n) is 6.94. The quantitative estimate of drug-likeness (QED) is 0.856. The summed E-state index contributed by atoms with van der Waals surface area (Å²) >= 11 is 0. The first-order valence-corrected chi connectivity index (χ1v) is 6.94. The van der Waals surface area contributed by atoms with E-state index in [-0.39, 0.29) is 6.04 Å². The smallest absolute Gasteiger partial charge is 0.105 e. The van der Waals surface area contributed by atoms with Gasteiger partial charge in [-0.2, -0.15) is 0 Å². The molecule has 1 aliphatic rings. The van der Waals surface area contributed by atoms with Gasteiger partial charge in [0.2, 0.25) is 0 Å². The second-order valence-electron chi connectivity index (χ2n) is 5.60. The van der Waals surface area contributed by atoms with Crippen LogP contribution in [0.25, 0.3) is 0 Å². The molecule has 96 valence electrons. The van der Waals surface area contributed by atoms with Crippen LogP contribution in [0.1, 0.15) is 62.2 Å². The van der Waals surface area contributed by atoms with Crippen molar-refractivity contribution in [2.24, 2.45) is 17.6 Å². The molecule has 2 nitrogen and oxygen atoms in total. The molecule has 0 aliphatic heterocycles. The van der Waals surface area contributed by atoms with E-state index in [9.17, 15) is 0 Å². The van der Waals surface area contributed by atoms with Crippen LogP contribution in [0.15, 0.2) is 10.5 Å². The van der Waals surface area contributed by atoms with Crippen LogP contribution in [0.4, 0.5) is 0 Å². The Labute approximate surface area is 105 Å². The van der Waals surface area contributed by atoms with Crippen LogP contribution in [0.2, 0.25) is 0 Å². The predicted octanol–water partition coefficient (Wildman–Crippen LogP) is 4.11. The van der Waals surface area contributed by atoms with Crippen molar-refractivity contribution in [2.45, 2.75) is 58.9 Å². The maximum absolute atomic E-state index is 6.44. The molecule has 1 fully saturated rings. The third-order valence-electron chi connectivity index (χ3n) is 4.35. The molecule has 2 N–H and O–H groups in total. The van der Waals surface area contributed by atoms with Gasteiger partial charge in [0.15, 0.2) is 0 Å². The molecule has 0 amide bonds. The molecule has 1 aromatic heterocycles. The van der Waals surface area contributed by atoms with Crippen molar-refractivity contribution in [3.63, 3.8) is 0 Å². The van der Waals surface area contributed by atoms with Crippen LogP contribution in [-0.2, 0) is 0 Å².